The average molecular weight is 655 g/mol. The first-order chi connectivity index (χ1) is 21.3. The molecule has 0 aliphatic carbocycles. The summed E-state index contributed by atoms with van der Waals surface area (Å²) in [6.45, 7) is 13.3. The third kappa shape index (κ3) is 8.48. The molecule has 8 atom stereocenters. The third-order valence-corrected chi connectivity index (χ3v) is 10.7. The molecule has 3 saturated heterocycles. The maximum absolute atomic E-state index is 14.3. The molecule has 0 saturated carbocycles. The van der Waals surface area contributed by atoms with Gasteiger partial charge in [-0.2, -0.15) is 0 Å². The minimum absolute atomic E-state index is 0.0819. The molecule has 3 fully saturated rings. The number of Topliss-reactive ketones (excluding diaryl/α,β-unsaturated/α-hetero) is 1. The van der Waals surface area contributed by atoms with Crippen molar-refractivity contribution in [1.29, 1.82) is 0 Å². The number of amides is 1. The van der Waals surface area contributed by atoms with Gasteiger partial charge < -0.3 is 38.8 Å². The second kappa shape index (κ2) is 15.3. The van der Waals surface area contributed by atoms with Crippen LogP contribution in [0.5, 0.6) is 0 Å². The summed E-state index contributed by atoms with van der Waals surface area (Å²) in [5.74, 6) is -1.54. The minimum atomic E-state index is -1.47. The predicted molar refractivity (Wildman–Crippen MR) is 175 cm³/mol. The monoisotopic (exact) mass is 654 g/mol. The highest BCUT2D eigenvalue weighted by Gasteiger charge is 2.52. The van der Waals surface area contributed by atoms with Gasteiger partial charge in [0.2, 0.25) is 5.91 Å². The van der Waals surface area contributed by atoms with Crippen molar-refractivity contribution in [3.63, 3.8) is 0 Å². The maximum Gasteiger partial charge on any atom is 0.319 e. The molecule has 1 spiro atoms. The molecule has 1 amide bonds. The van der Waals surface area contributed by atoms with Crippen molar-refractivity contribution in [3.05, 3.63) is 0 Å². The Morgan fingerprint density at radius 1 is 1.07 bits per heavy atom. The average Bonchev–Trinajstić information content (AvgIpc) is 2.98. The second-order valence-corrected chi connectivity index (χ2v) is 15.5. The van der Waals surface area contributed by atoms with Crippen molar-refractivity contribution < 1.29 is 38.4 Å². The summed E-state index contributed by atoms with van der Waals surface area (Å²) in [5.41, 5.74) is -2.92. The van der Waals surface area contributed by atoms with Gasteiger partial charge in [0.25, 0.3) is 0 Å². The van der Waals surface area contributed by atoms with Gasteiger partial charge >= 0.3 is 5.97 Å². The number of likely N-dealkylation sites (N-methyl/N-ethyl adjacent to an activating group) is 3. The number of carbonyl (C=O) groups excluding carboxylic acids is 3. The molecule has 3 heterocycles. The lowest BCUT2D eigenvalue weighted by molar-refractivity contribution is -0.295. The normalized spacial score (nSPS) is 36.7. The Labute approximate surface area is 277 Å². The van der Waals surface area contributed by atoms with Gasteiger partial charge in [-0.3, -0.25) is 19.3 Å². The molecule has 1 N–H and O–H groups in total. The first-order valence-corrected chi connectivity index (χ1v) is 16.8. The van der Waals surface area contributed by atoms with E-state index in [0.717, 1.165) is 0 Å². The Bertz CT molecular complexity index is 1060. The van der Waals surface area contributed by atoms with Crippen molar-refractivity contribution in [2.45, 2.75) is 109 Å². The van der Waals surface area contributed by atoms with Crippen LogP contribution in [0.4, 0.5) is 0 Å². The molecule has 0 aromatic rings. The van der Waals surface area contributed by atoms with Crippen molar-refractivity contribution in [1.82, 2.24) is 19.6 Å². The minimum Gasteiger partial charge on any atom is -0.463 e. The van der Waals surface area contributed by atoms with Crippen LogP contribution in [0.1, 0.15) is 67.2 Å². The predicted octanol–water partition coefficient (Wildman–Crippen LogP) is 1.87. The van der Waals surface area contributed by atoms with Gasteiger partial charge in [0, 0.05) is 38.7 Å². The molecule has 0 bridgehead atoms. The number of carbonyl (C=O) groups is 3. The molecular weight excluding hydrogens is 592 g/mol. The SMILES string of the molecule is CO[C@]1(C)C[C@@H](C)CN(C)C2(CCN(C(=O)CN(C)C)CC2)COC(=O)C(C)(C)C(=O)[C@H](C)[C@H]1O[C@@H]1O[C@H](C)C[C@H](N(C)C)[C@H]1O. The number of rotatable bonds is 6. The van der Waals surface area contributed by atoms with Crippen molar-refractivity contribution >= 4 is 17.7 Å². The van der Waals surface area contributed by atoms with E-state index in [2.05, 4.69) is 11.8 Å². The van der Waals surface area contributed by atoms with Crippen molar-refractivity contribution in [2.75, 3.05) is 75.1 Å². The fraction of sp³-hybridized carbons (Fsp3) is 0.912. The molecule has 0 aromatic heterocycles. The summed E-state index contributed by atoms with van der Waals surface area (Å²) in [4.78, 5) is 48.8. The summed E-state index contributed by atoms with van der Waals surface area (Å²) in [5, 5.41) is 11.3. The number of ether oxygens (including phenoxy) is 4. The number of aliphatic hydroxyl groups excluding tert-OH is 1. The van der Waals surface area contributed by atoms with Gasteiger partial charge in [0.15, 0.2) is 12.1 Å². The number of cyclic esters (lactones) is 1. The highest BCUT2D eigenvalue weighted by molar-refractivity contribution is 6.04. The Balaban J connectivity index is 1.97. The fourth-order valence-electron chi connectivity index (χ4n) is 7.69. The zero-order valence-electron chi connectivity index (χ0n) is 30.5. The van der Waals surface area contributed by atoms with E-state index in [-0.39, 0.29) is 36.4 Å². The lowest BCUT2D eigenvalue weighted by Crippen LogP contribution is -2.60. The van der Waals surface area contributed by atoms with E-state index in [4.69, 9.17) is 18.9 Å². The number of esters is 1. The largest absolute Gasteiger partial charge is 0.463 e. The Hall–Kier alpha value is -1.67. The molecule has 3 aliphatic rings. The number of methoxy groups -OCH3 is 1. The molecular formula is C34H62N4O8. The number of ketones is 1. The summed E-state index contributed by atoms with van der Waals surface area (Å²) < 4.78 is 25.0. The van der Waals surface area contributed by atoms with Gasteiger partial charge in [0.05, 0.1) is 29.9 Å². The highest BCUT2D eigenvalue weighted by Crippen LogP contribution is 2.39. The van der Waals surface area contributed by atoms with E-state index >= 15 is 0 Å². The molecule has 3 rings (SSSR count). The van der Waals surface area contributed by atoms with E-state index in [1.807, 2.05) is 63.8 Å². The van der Waals surface area contributed by atoms with E-state index in [0.29, 0.717) is 51.9 Å². The molecule has 0 unspecified atom stereocenters. The van der Waals surface area contributed by atoms with Crippen LogP contribution in [0.15, 0.2) is 0 Å². The van der Waals surface area contributed by atoms with Gasteiger partial charge in [-0.1, -0.05) is 13.8 Å². The van der Waals surface area contributed by atoms with Crippen LogP contribution in [-0.2, 0) is 33.3 Å². The Kier molecular flexibility index (Phi) is 12.9. The van der Waals surface area contributed by atoms with E-state index in [1.165, 1.54) is 0 Å². The molecule has 0 radical (unpaired) electrons. The maximum atomic E-state index is 14.3. The zero-order chi connectivity index (χ0) is 34.8. The topological polar surface area (TPSA) is 121 Å². The second-order valence-electron chi connectivity index (χ2n) is 15.5. The van der Waals surface area contributed by atoms with Crippen LogP contribution < -0.4 is 0 Å². The van der Waals surface area contributed by atoms with E-state index in [9.17, 15) is 19.5 Å². The zero-order valence-corrected chi connectivity index (χ0v) is 30.5. The van der Waals surface area contributed by atoms with Gasteiger partial charge in [0.1, 0.15) is 18.1 Å². The van der Waals surface area contributed by atoms with Crippen LogP contribution in [0.2, 0.25) is 0 Å². The molecule has 46 heavy (non-hydrogen) atoms. The summed E-state index contributed by atoms with van der Waals surface area (Å²) in [6.07, 6.45) is -0.473. The third-order valence-electron chi connectivity index (χ3n) is 10.7. The molecule has 12 nitrogen and oxygen atoms in total. The molecule has 0 aromatic carbocycles. The van der Waals surface area contributed by atoms with Gasteiger partial charge in [-0.15, -0.1) is 0 Å². The quantitative estimate of drug-likeness (QED) is 0.334. The standard InChI is InChI=1S/C34H62N4O8/c1-22-18-33(6,43-12)29(46-30-27(40)25(36(9)10)17-23(2)45-30)24(3)28(41)32(4,5)31(42)44-21-34(37(11)19-22)13-15-38(16-14-34)26(39)20-35(7)8/h22-25,27,29-30,40H,13-21H2,1-12H3/t22-,23-,24+,25+,27-,29-,30+,33-/m1/s1. The lowest BCUT2D eigenvalue weighted by Gasteiger charge is -2.48. The number of piperidine rings is 1. The van der Waals surface area contributed by atoms with Crippen LogP contribution in [0.3, 0.4) is 0 Å². The van der Waals surface area contributed by atoms with Gasteiger partial charge in [-0.25, -0.2) is 0 Å². The van der Waals surface area contributed by atoms with Crippen LogP contribution in [0, 0.1) is 17.3 Å². The smallest absolute Gasteiger partial charge is 0.319 e. The summed E-state index contributed by atoms with van der Waals surface area (Å²) in [6, 6.07) is -0.192. The molecule has 12 heteroatoms. The van der Waals surface area contributed by atoms with Crippen LogP contribution in [0.25, 0.3) is 0 Å². The van der Waals surface area contributed by atoms with E-state index < -0.39 is 46.9 Å². The summed E-state index contributed by atoms with van der Waals surface area (Å²) in [7, 11) is 11.3. The van der Waals surface area contributed by atoms with Crippen molar-refractivity contribution in [3.8, 4) is 0 Å². The van der Waals surface area contributed by atoms with Crippen molar-refractivity contribution in [2.24, 2.45) is 17.3 Å². The number of hydrogen-bond acceptors (Lipinski definition) is 11. The highest BCUT2D eigenvalue weighted by atomic mass is 16.7. The number of nitrogens with zero attached hydrogens (tertiary/aromatic N) is 4. The first kappa shape index (κ1) is 38.8. The number of hydrogen-bond donors (Lipinski definition) is 1. The molecule has 266 valence electrons. The summed E-state index contributed by atoms with van der Waals surface area (Å²) >= 11 is 0. The molecule has 3 aliphatic heterocycles. The fourth-order valence-corrected chi connectivity index (χ4v) is 7.69. The van der Waals surface area contributed by atoms with Gasteiger partial charge in [-0.05, 0) is 94.5 Å². The van der Waals surface area contributed by atoms with E-state index in [1.54, 1.807) is 27.9 Å². The Morgan fingerprint density at radius 3 is 2.22 bits per heavy atom. The van der Waals surface area contributed by atoms with Crippen LogP contribution >= 0.6 is 0 Å². The van der Waals surface area contributed by atoms with Crippen LogP contribution in [-0.4, -0.2) is 159 Å². The number of aliphatic hydroxyl groups is 1. The lowest BCUT2D eigenvalue weighted by atomic mass is 9.74. The number of likely N-dealkylation sites (tertiary alicyclic amines) is 1. The Morgan fingerprint density at radius 2 is 1.67 bits per heavy atom. The first-order valence-electron chi connectivity index (χ1n) is 16.8.